The van der Waals surface area contributed by atoms with Gasteiger partial charge in [-0.05, 0) is 79.9 Å². The molecule has 0 aromatic heterocycles. The molecule has 1 heterocycles. The number of rotatable bonds is 4. The van der Waals surface area contributed by atoms with Crippen molar-refractivity contribution in [2.45, 2.75) is 51.6 Å². The zero-order valence-corrected chi connectivity index (χ0v) is 13.5. The van der Waals surface area contributed by atoms with Crippen molar-refractivity contribution in [3.05, 3.63) is 27.3 Å². The van der Waals surface area contributed by atoms with Crippen molar-refractivity contribution in [2.75, 3.05) is 11.9 Å². The van der Waals surface area contributed by atoms with Crippen LogP contribution in [-0.2, 0) is 0 Å². The second-order valence-corrected chi connectivity index (χ2v) is 6.55. The van der Waals surface area contributed by atoms with Crippen molar-refractivity contribution in [3.63, 3.8) is 0 Å². The van der Waals surface area contributed by atoms with Crippen molar-refractivity contribution >= 4 is 28.3 Å². The highest BCUT2D eigenvalue weighted by Gasteiger charge is 2.15. The largest absolute Gasteiger partial charge is 0.383 e. The first-order valence-electron chi connectivity index (χ1n) is 6.91. The lowest BCUT2D eigenvalue weighted by molar-refractivity contribution is 0.371. The van der Waals surface area contributed by atoms with Gasteiger partial charge in [-0.2, -0.15) is 0 Å². The number of piperidine rings is 1. The fourth-order valence-corrected chi connectivity index (χ4v) is 3.09. The van der Waals surface area contributed by atoms with Gasteiger partial charge >= 0.3 is 0 Å². The Bertz CT molecular complexity index is 386. The molecular formula is C15H23IN2. The second kappa shape index (κ2) is 6.75. The summed E-state index contributed by atoms with van der Waals surface area (Å²) >= 11 is 2.40. The fourth-order valence-electron chi connectivity index (χ4n) is 2.58. The van der Waals surface area contributed by atoms with Gasteiger partial charge in [0.05, 0.1) is 0 Å². The number of aryl methyl sites for hydroxylation is 1. The number of benzene rings is 1. The molecule has 1 aliphatic rings. The first-order valence-corrected chi connectivity index (χ1v) is 7.99. The smallest absolute Gasteiger partial charge is 0.0353 e. The summed E-state index contributed by atoms with van der Waals surface area (Å²) in [6.45, 7) is 5.63. The highest BCUT2D eigenvalue weighted by Crippen LogP contribution is 2.19. The molecule has 2 N–H and O–H groups in total. The summed E-state index contributed by atoms with van der Waals surface area (Å²) in [5, 5.41) is 7.23. The summed E-state index contributed by atoms with van der Waals surface area (Å²) in [4.78, 5) is 0. The summed E-state index contributed by atoms with van der Waals surface area (Å²) < 4.78 is 1.33. The lowest BCUT2D eigenvalue weighted by Gasteiger charge is -2.27. The van der Waals surface area contributed by atoms with E-state index in [2.05, 4.69) is 65.3 Å². The minimum atomic E-state index is 0.527. The normalized spacial score (nSPS) is 21.6. The zero-order chi connectivity index (χ0) is 13.0. The van der Waals surface area contributed by atoms with E-state index in [4.69, 9.17) is 0 Å². The number of halogens is 1. The van der Waals surface area contributed by atoms with E-state index in [-0.39, 0.29) is 0 Å². The summed E-state index contributed by atoms with van der Waals surface area (Å²) in [7, 11) is 0. The standard InChI is InChI=1S/C15H23IN2/c1-11-6-7-14(10-15(11)16)18-12(2)9-13-5-3-4-8-17-13/h6-7,10,12-13,17-18H,3-5,8-9H2,1-2H3. The third-order valence-corrected chi connectivity index (χ3v) is 4.80. The lowest BCUT2D eigenvalue weighted by Crippen LogP contribution is -2.37. The summed E-state index contributed by atoms with van der Waals surface area (Å²) in [5.74, 6) is 0. The molecule has 2 nitrogen and oxygen atoms in total. The van der Waals surface area contributed by atoms with Crippen molar-refractivity contribution in [1.29, 1.82) is 0 Å². The molecule has 0 aliphatic carbocycles. The number of anilines is 1. The molecule has 1 aliphatic heterocycles. The first kappa shape index (κ1) is 14.1. The predicted octanol–water partition coefficient (Wildman–Crippen LogP) is 3.93. The molecular weight excluding hydrogens is 335 g/mol. The Kier molecular flexibility index (Phi) is 5.30. The lowest BCUT2D eigenvalue weighted by atomic mass is 9.98. The van der Waals surface area contributed by atoms with Crippen LogP contribution in [-0.4, -0.2) is 18.6 Å². The third-order valence-electron chi connectivity index (χ3n) is 3.64. The first-order chi connectivity index (χ1) is 8.65. The maximum absolute atomic E-state index is 3.61. The van der Waals surface area contributed by atoms with Gasteiger partial charge in [-0.25, -0.2) is 0 Å². The van der Waals surface area contributed by atoms with Crippen LogP contribution in [0, 0.1) is 10.5 Å². The molecule has 1 aromatic carbocycles. The number of hydrogen-bond donors (Lipinski definition) is 2. The van der Waals surface area contributed by atoms with Crippen LogP contribution < -0.4 is 10.6 Å². The van der Waals surface area contributed by atoms with Gasteiger partial charge in [-0.1, -0.05) is 12.5 Å². The van der Waals surface area contributed by atoms with Gasteiger partial charge in [0.25, 0.3) is 0 Å². The highest BCUT2D eigenvalue weighted by molar-refractivity contribution is 14.1. The zero-order valence-electron chi connectivity index (χ0n) is 11.3. The molecule has 1 fully saturated rings. The van der Waals surface area contributed by atoms with Gasteiger partial charge < -0.3 is 10.6 Å². The molecule has 2 atom stereocenters. The monoisotopic (exact) mass is 358 g/mol. The number of hydrogen-bond acceptors (Lipinski definition) is 2. The molecule has 18 heavy (non-hydrogen) atoms. The Balaban J connectivity index is 1.85. The molecule has 1 aromatic rings. The minimum Gasteiger partial charge on any atom is -0.383 e. The van der Waals surface area contributed by atoms with Crippen LogP contribution in [0.3, 0.4) is 0 Å². The Hall–Kier alpha value is -0.290. The highest BCUT2D eigenvalue weighted by atomic mass is 127. The molecule has 0 saturated carbocycles. The van der Waals surface area contributed by atoms with Crippen LogP contribution in [0.1, 0.15) is 38.2 Å². The van der Waals surface area contributed by atoms with Crippen LogP contribution >= 0.6 is 22.6 Å². The average molecular weight is 358 g/mol. The summed E-state index contributed by atoms with van der Waals surface area (Å²) in [6, 6.07) is 7.84. The van der Waals surface area contributed by atoms with E-state index in [0.29, 0.717) is 12.1 Å². The average Bonchev–Trinajstić information content (AvgIpc) is 2.35. The van der Waals surface area contributed by atoms with Gasteiger partial charge in [-0.15, -0.1) is 0 Å². The molecule has 0 bridgehead atoms. The van der Waals surface area contributed by atoms with Crippen molar-refractivity contribution in [2.24, 2.45) is 0 Å². The van der Waals surface area contributed by atoms with E-state index >= 15 is 0 Å². The van der Waals surface area contributed by atoms with E-state index in [9.17, 15) is 0 Å². The van der Waals surface area contributed by atoms with Crippen molar-refractivity contribution in [3.8, 4) is 0 Å². The molecule has 0 amide bonds. The van der Waals surface area contributed by atoms with Crippen LogP contribution in [0.2, 0.25) is 0 Å². The minimum absolute atomic E-state index is 0.527. The molecule has 3 heteroatoms. The van der Waals surface area contributed by atoms with Gasteiger partial charge in [0.15, 0.2) is 0 Å². The van der Waals surface area contributed by atoms with Crippen molar-refractivity contribution in [1.82, 2.24) is 5.32 Å². The maximum atomic E-state index is 3.61. The second-order valence-electron chi connectivity index (χ2n) is 5.39. The topological polar surface area (TPSA) is 24.1 Å². The van der Waals surface area contributed by atoms with E-state index in [1.54, 1.807) is 0 Å². The Labute approximate surface area is 124 Å². The maximum Gasteiger partial charge on any atom is 0.0353 e. The van der Waals surface area contributed by atoms with E-state index < -0.39 is 0 Å². The fraction of sp³-hybridized carbons (Fsp3) is 0.600. The summed E-state index contributed by atoms with van der Waals surface area (Å²) in [5.41, 5.74) is 2.59. The molecule has 0 spiro atoms. The molecule has 1 saturated heterocycles. The van der Waals surface area contributed by atoms with Gasteiger partial charge in [0, 0.05) is 21.3 Å². The van der Waals surface area contributed by atoms with Crippen LogP contribution in [0.4, 0.5) is 5.69 Å². The SMILES string of the molecule is Cc1ccc(NC(C)CC2CCCCN2)cc1I. The number of nitrogens with one attached hydrogen (secondary N) is 2. The van der Waals surface area contributed by atoms with Gasteiger partial charge in [0.1, 0.15) is 0 Å². The molecule has 100 valence electrons. The van der Waals surface area contributed by atoms with E-state index in [1.165, 1.54) is 47.0 Å². The van der Waals surface area contributed by atoms with Crippen LogP contribution in [0.5, 0.6) is 0 Å². The predicted molar refractivity (Wildman–Crippen MR) is 87.2 cm³/mol. The van der Waals surface area contributed by atoms with Crippen LogP contribution in [0.25, 0.3) is 0 Å². The Morgan fingerprint density at radius 1 is 1.44 bits per heavy atom. The van der Waals surface area contributed by atoms with Gasteiger partial charge in [0.2, 0.25) is 0 Å². The Morgan fingerprint density at radius 3 is 2.94 bits per heavy atom. The Morgan fingerprint density at radius 2 is 2.28 bits per heavy atom. The molecule has 2 unspecified atom stereocenters. The van der Waals surface area contributed by atoms with Gasteiger partial charge in [-0.3, -0.25) is 0 Å². The third kappa shape index (κ3) is 4.12. The quantitative estimate of drug-likeness (QED) is 0.797. The summed E-state index contributed by atoms with van der Waals surface area (Å²) in [6.07, 6.45) is 5.27. The molecule has 2 rings (SSSR count). The molecule has 0 radical (unpaired) electrons. The van der Waals surface area contributed by atoms with Crippen molar-refractivity contribution < 1.29 is 0 Å². The van der Waals surface area contributed by atoms with E-state index in [1.807, 2.05) is 0 Å². The van der Waals surface area contributed by atoms with E-state index in [0.717, 1.165) is 0 Å². The van der Waals surface area contributed by atoms with Crippen LogP contribution in [0.15, 0.2) is 18.2 Å².